The van der Waals surface area contributed by atoms with Crippen LogP contribution in [0.15, 0.2) is 6.20 Å². The number of hydrogen-bond acceptors (Lipinski definition) is 4. The fourth-order valence-corrected chi connectivity index (χ4v) is 4.08. The molecule has 0 saturated heterocycles. The number of amides is 1. The number of fused-ring (bicyclic) bond motifs is 2. The number of rotatable bonds is 4. The summed E-state index contributed by atoms with van der Waals surface area (Å²) >= 11 is 0. The first-order valence-electron chi connectivity index (χ1n) is 7.62. The van der Waals surface area contributed by atoms with Crippen molar-refractivity contribution < 1.29 is 23.1 Å². The molecule has 1 amide bonds. The van der Waals surface area contributed by atoms with Crippen LogP contribution in [0, 0.1) is 17.8 Å². The van der Waals surface area contributed by atoms with Crippen LogP contribution in [0.3, 0.4) is 0 Å². The highest BCUT2D eigenvalue weighted by Gasteiger charge is 2.52. The van der Waals surface area contributed by atoms with Gasteiger partial charge in [-0.25, -0.2) is 8.78 Å². The molecule has 6 nitrogen and oxygen atoms in total. The highest BCUT2D eigenvalue weighted by Crippen LogP contribution is 2.49. The van der Waals surface area contributed by atoms with Gasteiger partial charge in [-0.05, 0) is 31.1 Å². The SMILES string of the molecule is COC(=O)C1C2CCC(C2)C1NC(=O)c1cnn(C)c1C(F)F. The molecule has 0 spiro atoms. The fraction of sp³-hybridized carbons (Fsp3) is 0.667. The lowest BCUT2D eigenvalue weighted by molar-refractivity contribution is -0.148. The first-order valence-corrected chi connectivity index (χ1v) is 7.62. The second-order valence-corrected chi connectivity index (χ2v) is 6.25. The smallest absolute Gasteiger partial charge is 0.311 e. The number of nitrogens with one attached hydrogen (secondary N) is 1. The van der Waals surface area contributed by atoms with Gasteiger partial charge in [-0.3, -0.25) is 14.3 Å². The fourth-order valence-electron chi connectivity index (χ4n) is 4.08. The van der Waals surface area contributed by atoms with Gasteiger partial charge in [-0.1, -0.05) is 0 Å². The van der Waals surface area contributed by atoms with Crippen molar-refractivity contribution in [1.82, 2.24) is 15.1 Å². The average Bonchev–Trinajstić information content (AvgIpc) is 3.20. The van der Waals surface area contributed by atoms with E-state index in [9.17, 15) is 18.4 Å². The van der Waals surface area contributed by atoms with E-state index in [4.69, 9.17) is 4.74 Å². The lowest BCUT2D eigenvalue weighted by Gasteiger charge is -2.29. The van der Waals surface area contributed by atoms with Gasteiger partial charge in [0.2, 0.25) is 0 Å². The first kappa shape index (κ1) is 15.9. The van der Waals surface area contributed by atoms with Crippen LogP contribution in [-0.4, -0.2) is 34.8 Å². The lowest BCUT2D eigenvalue weighted by atomic mass is 9.84. The predicted octanol–water partition coefficient (Wildman–Crippen LogP) is 1.68. The topological polar surface area (TPSA) is 73.2 Å². The average molecular weight is 327 g/mol. The summed E-state index contributed by atoms with van der Waals surface area (Å²) in [7, 11) is 2.69. The van der Waals surface area contributed by atoms with Crippen LogP contribution in [-0.2, 0) is 16.6 Å². The summed E-state index contributed by atoms with van der Waals surface area (Å²) in [5.41, 5.74) is -0.561. The standard InChI is InChI=1S/C15H19F2N3O3/c1-20-12(13(16)17)9(6-18-20)14(21)19-11-8-4-3-7(5-8)10(11)15(22)23-2/h6-8,10-11,13H,3-5H2,1-2H3,(H,19,21). The third kappa shape index (κ3) is 2.60. The summed E-state index contributed by atoms with van der Waals surface area (Å²) in [6.07, 6.45) is 1.07. The number of alkyl halides is 2. The van der Waals surface area contributed by atoms with E-state index >= 15 is 0 Å². The molecule has 2 saturated carbocycles. The Labute approximate surface area is 132 Å². The van der Waals surface area contributed by atoms with Crippen molar-refractivity contribution in [3.63, 3.8) is 0 Å². The molecule has 0 aliphatic heterocycles. The number of methoxy groups -OCH3 is 1. The molecule has 2 aliphatic carbocycles. The summed E-state index contributed by atoms with van der Waals surface area (Å²) in [6, 6.07) is -0.362. The van der Waals surface area contributed by atoms with E-state index in [1.807, 2.05) is 0 Å². The molecule has 2 fully saturated rings. The Morgan fingerprint density at radius 2 is 2.09 bits per heavy atom. The maximum absolute atomic E-state index is 13.1. The highest BCUT2D eigenvalue weighted by atomic mass is 19.3. The number of aryl methyl sites for hydroxylation is 1. The van der Waals surface area contributed by atoms with Crippen molar-refractivity contribution in [2.45, 2.75) is 31.7 Å². The van der Waals surface area contributed by atoms with Crippen LogP contribution in [0.25, 0.3) is 0 Å². The van der Waals surface area contributed by atoms with Gasteiger partial charge >= 0.3 is 5.97 Å². The molecule has 8 heteroatoms. The first-order chi connectivity index (χ1) is 10.9. The Morgan fingerprint density at radius 3 is 2.74 bits per heavy atom. The number of hydrogen-bond donors (Lipinski definition) is 1. The molecule has 4 atom stereocenters. The zero-order chi connectivity index (χ0) is 16.7. The third-order valence-corrected chi connectivity index (χ3v) is 5.12. The van der Waals surface area contributed by atoms with Gasteiger partial charge in [0, 0.05) is 13.1 Å². The third-order valence-electron chi connectivity index (χ3n) is 5.12. The molecule has 0 radical (unpaired) electrons. The van der Waals surface area contributed by atoms with E-state index in [-0.39, 0.29) is 29.4 Å². The number of carbonyl (C=O) groups is 2. The maximum atomic E-state index is 13.1. The van der Waals surface area contributed by atoms with Crippen LogP contribution >= 0.6 is 0 Å². The van der Waals surface area contributed by atoms with Crippen molar-refractivity contribution in [2.24, 2.45) is 24.8 Å². The van der Waals surface area contributed by atoms with Crippen LogP contribution in [0.1, 0.15) is 41.7 Å². The predicted molar refractivity (Wildman–Crippen MR) is 75.8 cm³/mol. The number of nitrogens with zero attached hydrogens (tertiary/aromatic N) is 2. The number of aromatic nitrogens is 2. The van der Waals surface area contributed by atoms with Crippen molar-refractivity contribution in [3.8, 4) is 0 Å². The minimum Gasteiger partial charge on any atom is -0.469 e. The molecule has 0 aromatic carbocycles. The minimum absolute atomic E-state index is 0.145. The van der Waals surface area contributed by atoms with E-state index in [2.05, 4.69) is 10.4 Å². The number of halogens is 2. The number of esters is 1. The summed E-state index contributed by atoms with van der Waals surface area (Å²) in [6.45, 7) is 0. The summed E-state index contributed by atoms with van der Waals surface area (Å²) in [4.78, 5) is 24.4. The van der Waals surface area contributed by atoms with E-state index in [0.717, 1.165) is 30.1 Å². The van der Waals surface area contributed by atoms with Gasteiger partial charge in [0.25, 0.3) is 12.3 Å². The van der Waals surface area contributed by atoms with Gasteiger partial charge in [-0.2, -0.15) is 5.10 Å². The number of carbonyl (C=O) groups excluding carboxylic acids is 2. The van der Waals surface area contributed by atoms with Crippen LogP contribution in [0.4, 0.5) is 8.78 Å². The largest absolute Gasteiger partial charge is 0.469 e. The monoisotopic (exact) mass is 327 g/mol. The van der Waals surface area contributed by atoms with Crippen LogP contribution in [0.2, 0.25) is 0 Å². The zero-order valence-electron chi connectivity index (χ0n) is 13.0. The molecule has 1 aromatic heterocycles. The number of ether oxygens (including phenoxy) is 1. The maximum Gasteiger partial charge on any atom is 0.311 e. The molecular weight excluding hydrogens is 308 g/mol. The van der Waals surface area contributed by atoms with Gasteiger partial charge in [0.1, 0.15) is 5.69 Å². The molecule has 4 unspecified atom stereocenters. The minimum atomic E-state index is -2.79. The Morgan fingerprint density at radius 1 is 1.39 bits per heavy atom. The van der Waals surface area contributed by atoms with Crippen molar-refractivity contribution in [2.75, 3.05) is 7.11 Å². The summed E-state index contributed by atoms with van der Waals surface area (Å²) in [5.74, 6) is -0.960. The Kier molecular flexibility index (Phi) is 4.08. The van der Waals surface area contributed by atoms with Gasteiger partial charge in [-0.15, -0.1) is 0 Å². The Balaban J connectivity index is 1.81. The second kappa shape index (κ2) is 5.90. The van der Waals surface area contributed by atoms with E-state index < -0.39 is 23.9 Å². The van der Waals surface area contributed by atoms with Gasteiger partial charge < -0.3 is 10.1 Å². The molecular formula is C15H19F2N3O3. The Bertz CT molecular complexity index is 631. The van der Waals surface area contributed by atoms with Crippen molar-refractivity contribution >= 4 is 11.9 Å². The van der Waals surface area contributed by atoms with Gasteiger partial charge in [0.05, 0.1) is 24.8 Å². The van der Waals surface area contributed by atoms with Crippen LogP contribution < -0.4 is 5.32 Å². The molecule has 23 heavy (non-hydrogen) atoms. The normalized spacial score (nSPS) is 29.1. The molecule has 2 aliphatic rings. The zero-order valence-corrected chi connectivity index (χ0v) is 13.0. The van der Waals surface area contributed by atoms with Crippen molar-refractivity contribution in [3.05, 3.63) is 17.5 Å². The molecule has 126 valence electrons. The summed E-state index contributed by atoms with van der Waals surface area (Å²) < 4.78 is 32.0. The molecule has 3 rings (SSSR count). The van der Waals surface area contributed by atoms with Gasteiger partial charge in [0.15, 0.2) is 0 Å². The Hall–Kier alpha value is -1.99. The van der Waals surface area contributed by atoms with Crippen LogP contribution in [0.5, 0.6) is 0 Å². The van der Waals surface area contributed by atoms with E-state index in [1.54, 1.807) is 0 Å². The quantitative estimate of drug-likeness (QED) is 0.854. The molecule has 1 N–H and O–H groups in total. The highest BCUT2D eigenvalue weighted by molar-refractivity contribution is 5.95. The lowest BCUT2D eigenvalue weighted by Crippen LogP contribution is -2.47. The molecule has 1 aromatic rings. The van der Waals surface area contributed by atoms with E-state index in [1.165, 1.54) is 14.2 Å². The van der Waals surface area contributed by atoms with E-state index in [0.29, 0.717) is 0 Å². The molecule has 1 heterocycles. The second-order valence-electron chi connectivity index (χ2n) is 6.25. The molecule has 2 bridgehead atoms. The van der Waals surface area contributed by atoms with Crippen molar-refractivity contribution in [1.29, 1.82) is 0 Å². The summed E-state index contributed by atoms with van der Waals surface area (Å²) in [5, 5.41) is 6.51.